The van der Waals surface area contributed by atoms with Gasteiger partial charge in [-0.15, -0.1) is 11.3 Å². The van der Waals surface area contributed by atoms with Gasteiger partial charge < -0.3 is 15.0 Å². The zero-order chi connectivity index (χ0) is 22.2. The molecule has 0 bridgehead atoms. The molecule has 7 heteroatoms. The number of halogens is 2. The Labute approximate surface area is 186 Å². The van der Waals surface area contributed by atoms with Crippen LogP contribution in [-0.2, 0) is 6.54 Å². The molecule has 159 valence electrons. The lowest BCUT2D eigenvalue weighted by atomic mass is 10.0. The first-order chi connectivity index (χ1) is 15.5. The van der Waals surface area contributed by atoms with Gasteiger partial charge in [0.1, 0.15) is 5.75 Å². The Morgan fingerprint density at radius 3 is 2.69 bits per heavy atom. The van der Waals surface area contributed by atoms with Crippen molar-refractivity contribution in [3.8, 4) is 16.2 Å². The Balaban J connectivity index is 1.73. The van der Waals surface area contributed by atoms with Crippen LogP contribution in [0.4, 0.5) is 8.78 Å². The van der Waals surface area contributed by atoms with E-state index in [9.17, 15) is 13.6 Å². The molecule has 0 spiro atoms. The van der Waals surface area contributed by atoms with E-state index in [1.165, 1.54) is 6.07 Å². The van der Waals surface area contributed by atoms with Gasteiger partial charge in [0.05, 0.1) is 11.0 Å². The molecule has 0 aliphatic rings. The van der Waals surface area contributed by atoms with Gasteiger partial charge in [0.25, 0.3) is 0 Å². The van der Waals surface area contributed by atoms with Crippen LogP contribution in [0.3, 0.4) is 0 Å². The third-order valence-corrected chi connectivity index (χ3v) is 6.25. The van der Waals surface area contributed by atoms with Crippen molar-refractivity contribution in [1.29, 1.82) is 0 Å². The van der Waals surface area contributed by atoms with E-state index in [1.54, 1.807) is 35.6 Å². The number of primary amides is 1. The highest BCUT2D eigenvalue weighted by atomic mass is 32.1. The van der Waals surface area contributed by atoms with Crippen molar-refractivity contribution in [3.05, 3.63) is 89.3 Å². The highest BCUT2D eigenvalue weighted by Crippen LogP contribution is 2.35. The van der Waals surface area contributed by atoms with Gasteiger partial charge in [0.2, 0.25) is 5.91 Å². The lowest BCUT2D eigenvalue weighted by molar-refractivity contribution is -0.0498. The van der Waals surface area contributed by atoms with E-state index in [4.69, 9.17) is 5.73 Å². The zero-order valence-corrected chi connectivity index (χ0v) is 17.5. The minimum absolute atomic E-state index is 0.0990. The van der Waals surface area contributed by atoms with E-state index in [2.05, 4.69) is 16.9 Å². The van der Waals surface area contributed by atoms with Crippen LogP contribution >= 0.6 is 11.3 Å². The maximum Gasteiger partial charge on any atom is 0.387 e. The number of rotatable bonds is 6. The fraction of sp³-hybridized carbons (Fsp3) is 0.0800. The molecule has 3 aromatic carbocycles. The third-order valence-electron chi connectivity index (χ3n) is 5.33. The number of hydrogen-bond acceptors (Lipinski definition) is 3. The van der Waals surface area contributed by atoms with Gasteiger partial charge in [-0.3, -0.25) is 4.79 Å². The molecule has 0 aliphatic carbocycles. The van der Waals surface area contributed by atoms with Crippen LogP contribution in [0, 0.1) is 6.07 Å². The minimum atomic E-state index is -2.89. The standard InChI is InChI=1S/C25H17F2N2O2S/c26-25(27)31-17-5-1-4-15(12-17)14-29-20-7-2-6-19(24(28)30)23(20)18-10-9-16(13-21(18)29)22-8-3-11-32-22/h1-9,11-13,25H,14H2,(H2,28,30). The Morgan fingerprint density at radius 2 is 1.94 bits per heavy atom. The summed E-state index contributed by atoms with van der Waals surface area (Å²) in [5, 5.41) is 3.52. The maximum absolute atomic E-state index is 12.7. The summed E-state index contributed by atoms with van der Waals surface area (Å²) in [4.78, 5) is 13.2. The first-order valence-electron chi connectivity index (χ1n) is 9.85. The van der Waals surface area contributed by atoms with E-state index in [1.807, 2.05) is 40.3 Å². The van der Waals surface area contributed by atoms with Crippen molar-refractivity contribution >= 4 is 39.0 Å². The molecule has 0 saturated heterocycles. The van der Waals surface area contributed by atoms with Crippen LogP contribution in [0.15, 0.2) is 72.1 Å². The van der Waals surface area contributed by atoms with Gasteiger partial charge in [-0.2, -0.15) is 8.78 Å². The molecule has 0 fully saturated rings. The molecule has 0 unspecified atom stereocenters. The number of nitrogens with zero attached hydrogens (tertiary/aromatic N) is 1. The number of nitrogens with two attached hydrogens (primary N) is 1. The van der Waals surface area contributed by atoms with Gasteiger partial charge in [-0.05, 0) is 65.0 Å². The molecule has 0 saturated carbocycles. The van der Waals surface area contributed by atoms with Gasteiger partial charge in [0.15, 0.2) is 0 Å². The summed E-state index contributed by atoms with van der Waals surface area (Å²) in [6.07, 6.45) is 0. The van der Waals surface area contributed by atoms with Gasteiger partial charge in [-0.1, -0.05) is 24.3 Å². The van der Waals surface area contributed by atoms with E-state index in [-0.39, 0.29) is 5.75 Å². The monoisotopic (exact) mass is 447 g/mol. The number of benzene rings is 3. The van der Waals surface area contributed by atoms with Crippen LogP contribution in [0.5, 0.6) is 5.75 Å². The van der Waals surface area contributed by atoms with E-state index in [0.717, 1.165) is 37.8 Å². The van der Waals surface area contributed by atoms with E-state index < -0.39 is 12.5 Å². The van der Waals surface area contributed by atoms with E-state index >= 15 is 0 Å². The molecular weight excluding hydrogens is 430 g/mol. The lowest BCUT2D eigenvalue weighted by Crippen LogP contribution is -2.11. The molecule has 0 aliphatic heterocycles. The highest BCUT2D eigenvalue weighted by Gasteiger charge is 2.18. The molecule has 5 rings (SSSR count). The van der Waals surface area contributed by atoms with Crippen LogP contribution < -0.4 is 10.5 Å². The largest absolute Gasteiger partial charge is 0.435 e. The Hall–Kier alpha value is -3.71. The second-order valence-electron chi connectivity index (χ2n) is 7.30. The summed E-state index contributed by atoms with van der Waals surface area (Å²) in [6.45, 7) is -2.50. The molecule has 32 heavy (non-hydrogen) atoms. The first kappa shape index (κ1) is 20.2. The molecule has 2 aromatic heterocycles. The van der Waals surface area contributed by atoms with Gasteiger partial charge >= 0.3 is 6.61 Å². The number of aromatic nitrogens is 1. The molecule has 1 amide bonds. The summed E-state index contributed by atoms with van der Waals surface area (Å²) in [6, 6.07) is 23.3. The van der Waals surface area contributed by atoms with Crippen molar-refractivity contribution in [2.24, 2.45) is 5.73 Å². The summed E-state index contributed by atoms with van der Waals surface area (Å²) in [7, 11) is 0. The number of ether oxygens (including phenoxy) is 1. The molecule has 2 N–H and O–H groups in total. The van der Waals surface area contributed by atoms with Gasteiger partial charge in [0, 0.05) is 27.8 Å². The molecule has 0 atom stereocenters. The molecule has 5 aromatic rings. The predicted molar refractivity (Wildman–Crippen MR) is 122 cm³/mol. The van der Waals surface area contributed by atoms with Crippen LogP contribution in [0.2, 0.25) is 0 Å². The van der Waals surface area contributed by atoms with Crippen LogP contribution in [-0.4, -0.2) is 17.1 Å². The average Bonchev–Trinajstić information content (AvgIpc) is 3.41. The van der Waals surface area contributed by atoms with Crippen molar-refractivity contribution < 1.29 is 18.3 Å². The topological polar surface area (TPSA) is 57.2 Å². The average molecular weight is 447 g/mol. The number of amides is 1. The number of alkyl halides is 2. The second-order valence-corrected chi connectivity index (χ2v) is 8.25. The third kappa shape index (κ3) is 3.61. The fourth-order valence-corrected chi connectivity index (χ4v) is 4.73. The normalized spacial score (nSPS) is 11.5. The second kappa shape index (κ2) is 8.09. The summed E-state index contributed by atoms with van der Waals surface area (Å²) in [5.74, 6) is -0.417. The Bertz CT molecular complexity index is 1440. The van der Waals surface area contributed by atoms with Crippen LogP contribution in [0.1, 0.15) is 15.9 Å². The van der Waals surface area contributed by atoms with Gasteiger partial charge in [-0.25, -0.2) is 0 Å². The fourth-order valence-electron chi connectivity index (χ4n) is 4.02. The van der Waals surface area contributed by atoms with E-state index in [0.29, 0.717) is 12.1 Å². The summed E-state index contributed by atoms with van der Waals surface area (Å²) >= 11 is 1.63. The predicted octanol–water partition coefficient (Wildman–Crippen LogP) is 6.07. The highest BCUT2D eigenvalue weighted by molar-refractivity contribution is 7.13. The number of carbonyl (C=O) groups excluding carboxylic acids is 1. The zero-order valence-electron chi connectivity index (χ0n) is 16.7. The Morgan fingerprint density at radius 1 is 1.09 bits per heavy atom. The maximum atomic E-state index is 12.7. The van der Waals surface area contributed by atoms with Crippen molar-refractivity contribution in [2.45, 2.75) is 13.2 Å². The SMILES string of the molecule is NC(=O)c1cccc2c1c1[c]cc(-c3cccs3)cc1n2Cc1cccc(OC(F)F)c1. The van der Waals surface area contributed by atoms with Crippen molar-refractivity contribution in [1.82, 2.24) is 4.57 Å². The quantitative estimate of drug-likeness (QED) is 0.343. The smallest absolute Gasteiger partial charge is 0.387 e. The van der Waals surface area contributed by atoms with Crippen molar-refractivity contribution in [3.63, 3.8) is 0 Å². The number of thiophene rings is 1. The Kier molecular flexibility index (Phi) is 5.11. The molecule has 4 nitrogen and oxygen atoms in total. The summed E-state index contributed by atoms with van der Waals surface area (Å²) in [5.41, 5.74) is 9.56. The molecule has 2 heterocycles. The first-order valence-corrected chi connectivity index (χ1v) is 10.7. The summed E-state index contributed by atoms with van der Waals surface area (Å²) < 4.78 is 31.9. The number of hydrogen-bond donors (Lipinski definition) is 1. The number of fused-ring (bicyclic) bond motifs is 3. The van der Waals surface area contributed by atoms with Crippen molar-refractivity contribution in [2.75, 3.05) is 0 Å². The lowest BCUT2D eigenvalue weighted by Gasteiger charge is -2.11. The van der Waals surface area contributed by atoms with Crippen LogP contribution in [0.25, 0.3) is 32.2 Å². The molecule has 1 radical (unpaired) electrons. The molecular formula is C25H17F2N2O2S. The minimum Gasteiger partial charge on any atom is -0.435 e. The number of carbonyl (C=O) groups is 1.